The number of phenolic OH excluding ortho intramolecular Hbond substituents is 1. The highest BCUT2D eigenvalue weighted by Crippen LogP contribution is 2.36. The minimum atomic E-state index is -0.343. The van der Waals surface area contributed by atoms with E-state index >= 15 is 0 Å². The van der Waals surface area contributed by atoms with E-state index in [1.807, 2.05) is 13.8 Å². The maximum Gasteiger partial charge on any atom is 0.348 e. The number of carbonyl (C=O) groups is 2. The van der Waals surface area contributed by atoms with Crippen molar-refractivity contribution in [3.63, 3.8) is 0 Å². The highest BCUT2D eigenvalue weighted by molar-refractivity contribution is 7.20. The molecule has 4 rings (SSSR count). The molecule has 1 fully saturated rings. The second-order valence-electron chi connectivity index (χ2n) is 7.35. The minimum absolute atomic E-state index is 0.0107. The average Bonchev–Trinajstić information content (AvgIpc) is 3.09. The summed E-state index contributed by atoms with van der Waals surface area (Å²) in [5, 5.41) is 10.9. The third-order valence-corrected chi connectivity index (χ3v) is 6.51. The fourth-order valence-electron chi connectivity index (χ4n) is 3.79. The van der Waals surface area contributed by atoms with Crippen LogP contribution in [-0.4, -0.2) is 64.6 Å². The van der Waals surface area contributed by atoms with Gasteiger partial charge in [-0.25, -0.2) is 14.8 Å². The molecule has 0 unspecified atom stereocenters. The number of carbonyl (C=O) groups excluding carboxylic acids is 2. The van der Waals surface area contributed by atoms with E-state index in [1.165, 1.54) is 17.4 Å². The van der Waals surface area contributed by atoms with Crippen molar-refractivity contribution in [1.29, 1.82) is 0 Å². The van der Waals surface area contributed by atoms with Crippen molar-refractivity contribution < 1.29 is 19.4 Å². The number of benzene rings is 1. The predicted octanol–water partition coefficient (Wildman–Crippen LogP) is 3.15. The van der Waals surface area contributed by atoms with E-state index < -0.39 is 0 Å². The van der Waals surface area contributed by atoms with Crippen molar-refractivity contribution in [3.05, 3.63) is 46.1 Å². The van der Waals surface area contributed by atoms with E-state index in [1.54, 1.807) is 30.0 Å². The largest absolute Gasteiger partial charge is 0.507 e. The van der Waals surface area contributed by atoms with Crippen molar-refractivity contribution in [3.8, 4) is 5.75 Å². The summed E-state index contributed by atoms with van der Waals surface area (Å²) in [4.78, 5) is 39.5. The molecule has 162 valence electrons. The molecular weight excluding hydrogens is 416 g/mol. The van der Waals surface area contributed by atoms with Crippen LogP contribution in [0.3, 0.4) is 0 Å². The Morgan fingerprint density at radius 1 is 1.13 bits per heavy atom. The number of hydrogen-bond acceptors (Lipinski definition) is 8. The number of rotatable bonds is 4. The molecule has 1 aliphatic rings. The standard InChI is InChI=1S/C22H24N4O4S/c1-4-30-22(29)18-13(2)17-19(23-14(3)24-20(17)31-18)25-9-11-26(12-10-25)21(28)15-7-5-6-8-16(15)27/h5-8,27H,4,9-12H2,1-3H3. The number of aryl methyl sites for hydroxylation is 2. The lowest BCUT2D eigenvalue weighted by Crippen LogP contribution is -2.49. The SMILES string of the molecule is CCOC(=O)c1sc2nc(C)nc(N3CCN(C(=O)c4ccccc4O)CC3)c2c1C. The molecule has 3 aromatic rings. The molecule has 0 aliphatic carbocycles. The summed E-state index contributed by atoms with van der Waals surface area (Å²) in [5.41, 5.74) is 1.13. The molecule has 0 saturated carbocycles. The zero-order valence-corrected chi connectivity index (χ0v) is 18.5. The molecule has 9 heteroatoms. The number of hydrogen-bond donors (Lipinski definition) is 1. The predicted molar refractivity (Wildman–Crippen MR) is 119 cm³/mol. The number of aromatic hydroxyl groups is 1. The summed E-state index contributed by atoms with van der Waals surface area (Å²) < 4.78 is 5.19. The monoisotopic (exact) mass is 440 g/mol. The van der Waals surface area contributed by atoms with Gasteiger partial charge in [0.2, 0.25) is 0 Å². The van der Waals surface area contributed by atoms with Gasteiger partial charge in [0.05, 0.1) is 17.6 Å². The van der Waals surface area contributed by atoms with Gasteiger partial charge in [-0.2, -0.15) is 0 Å². The van der Waals surface area contributed by atoms with E-state index in [4.69, 9.17) is 4.74 Å². The Bertz CT molecular complexity index is 1150. The number of thiophene rings is 1. The molecular formula is C22H24N4O4S. The molecule has 31 heavy (non-hydrogen) atoms. The number of amides is 1. The molecule has 0 radical (unpaired) electrons. The lowest BCUT2D eigenvalue weighted by molar-refractivity contribution is 0.0531. The number of esters is 1. The van der Waals surface area contributed by atoms with Gasteiger partial charge >= 0.3 is 5.97 Å². The Kier molecular flexibility index (Phi) is 5.77. The smallest absolute Gasteiger partial charge is 0.348 e. The number of nitrogens with zero attached hydrogens (tertiary/aromatic N) is 4. The van der Waals surface area contributed by atoms with Gasteiger partial charge in [0.15, 0.2) is 0 Å². The second kappa shape index (κ2) is 8.50. The molecule has 1 aromatic carbocycles. The fourth-order valence-corrected chi connectivity index (χ4v) is 4.90. The van der Waals surface area contributed by atoms with Gasteiger partial charge in [-0.05, 0) is 38.5 Å². The van der Waals surface area contributed by atoms with Crippen LogP contribution in [-0.2, 0) is 4.74 Å². The number of para-hydroxylation sites is 1. The number of fused-ring (bicyclic) bond motifs is 1. The minimum Gasteiger partial charge on any atom is -0.507 e. The molecule has 1 aliphatic heterocycles. The molecule has 0 atom stereocenters. The van der Waals surface area contributed by atoms with Gasteiger partial charge in [-0.1, -0.05) is 12.1 Å². The Morgan fingerprint density at radius 3 is 2.52 bits per heavy atom. The van der Waals surface area contributed by atoms with Gasteiger partial charge < -0.3 is 19.6 Å². The Morgan fingerprint density at radius 2 is 1.84 bits per heavy atom. The van der Waals surface area contributed by atoms with Crippen LogP contribution in [0.1, 0.15) is 38.3 Å². The van der Waals surface area contributed by atoms with E-state index in [9.17, 15) is 14.7 Å². The summed E-state index contributed by atoms with van der Waals surface area (Å²) >= 11 is 1.32. The zero-order valence-electron chi connectivity index (χ0n) is 17.7. The van der Waals surface area contributed by atoms with Gasteiger partial charge in [-0.15, -0.1) is 11.3 Å². The summed E-state index contributed by atoms with van der Waals surface area (Å²) in [7, 11) is 0. The van der Waals surface area contributed by atoms with Crippen LogP contribution in [0.4, 0.5) is 5.82 Å². The molecule has 1 N–H and O–H groups in total. The van der Waals surface area contributed by atoms with Crippen molar-refractivity contribution in [2.24, 2.45) is 0 Å². The van der Waals surface area contributed by atoms with E-state index in [0.717, 1.165) is 21.6 Å². The fraction of sp³-hybridized carbons (Fsp3) is 0.364. The third kappa shape index (κ3) is 3.93. The first-order valence-corrected chi connectivity index (χ1v) is 11.0. The van der Waals surface area contributed by atoms with E-state index in [0.29, 0.717) is 49.1 Å². The number of anilines is 1. The summed E-state index contributed by atoms with van der Waals surface area (Å²) in [6.45, 7) is 8.02. The van der Waals surface area contributed by atoms with Crippen LogP contribution in [0.2, 0.25) is 0 Å². The maximum absolute atomic E-state index is 12.8. The molecule has 3 heterocycles. The first kappa shape index (κ1) is 21.0. The molecule has 2 aromatic heterocycles. The van der Waals surface area contributed by atoms with E-state index in [2.05, 4.69) is 14.9 Å². The van der Waals surface area contributed by atoms with Crippen molar-refractivity contribution >= 4 is 39.2 Å². The van der Waals surface area contributed by atoms with Crippen molar-refractivity contribution in [2.75, 3.05) is 37.7 Å². The molecule has 1 saturated heterocycles. The Labute approximate surface area is 184 Å². The van der Waals surface area contributed by atoms with Crippen LogP contribution >= 0.6 is 11.3 Å². The second-order valence-corrected chi connectivity index (χ2v) is 8.35. The van der Waals surface area contributed by atoms with Crippen LogP contribution in [0.25, 0.3) is 10.2 Å². The van der Waals surface area contributed by atoms with Crippen molar-refractivity contribution in [1.82, 2.24) is 14.9 Å². The van der Waals surface area contributed by atoms with Gasteiger partial charge in [0.1, 0.15) is 27.1 Å². The van der Waals surface area contributed by atoms with Gasteiger partial charge in [-0.3, -0.25) is 4.79 Å². The average molecular weight is 441 g/mol. The van der Waals surface area contributed by atoms with E-state index in [-0.39, 0.29) is 17.6 Å². The van der Waals surface area contributed by atoms with Crippen LogP contribution < -0.4 is 4.90 Å². The van der Waals surface area contributed by atoms with Crippen LogP contribution in [0, 0.1) is 13.8 Å². The summed E-state index contributed by atoms with van der Waals surface area (Å²) in [5.74, 6) is 0.875. The van der Waals surface area contributed by atoms with Gasteiger partial charge in [0, 0.05) is 26.2 Å². The zero-order chi connectivity index (χ0) is 22.1. The number of phenols is 1. The lowest BCUT2D eigenvalue weighted by atomic mass is 10.1. The number of aromatic nitrogens is 2. The molecule has 1 amide bonds. The summed E-state index contributed by atoms with van der Waals surface area (Å²) in [6.07, 6.45) is 0. The maximum atomic E-state index is 12.8. The van der Waals surface area contributed by atoms with Crippen molar-refractivity contribution in [2.45, 2.75) is 20.8 Å². The highest BCUT2D eigenvalue weighted by atomic mass is 32.1. The first-order chi connectivity index (χ1) is 14.9. The Balaban J connectivity index is 1.60. The summed E-state index contributed by atoms with van der Waals surface area (Å²) in [6, 6.07) is 6.59. The molecule has 0 bridgehead atoms. The quantitative estimate of drug-likeness (QED) is 0.623. The highest BCUT2D eigenvalue weighted by Gasteiger charge is 2.28. The molecule has 0 spiro atoms. The Hall–Kier alpha value is -3.20. The number of piperazine rings is 1. The normalized spacial score (nSPS) is 14.2. The number of ether oxygens (including phenoxy) is 1. The van der Waals surface area contributed by atoms with Crippen LogP contribution in [0.5, 0.6) is 5.75 Å². The molecule has 8 nitrogen and oxygen atoms in total. The van der Waals surface area contributed by atoms with Gasteiger partial charge in [0.25, 0.3) is 5.91 Å². The lowest BCUT2D eigenvalue weighted by Gasteiger charge is -2.36. The topological polar surface area (TPSA) is 95.9 Å². The first-order valence-electron chi connectivity index (χ1n) is 10.2. The third-order valence-electron chi connectivity index (χ3n) is 5.34. The van der Waals surface area contributed by atoms with Crippen LogP contribution in [0.15, 0.2) is 24.3 Å².